The largest absolute Gasteiger partial charge is 0.494 e. The minimum absolute atomic E-state index is 0.238. The van der Waals surface area contributed by atoms with Gasteiger partial charge in [0, 0.05) is 36.1 Å². The molecule has 0 unspecified atom stereocenters. The quantitative estimate of drug-likeness (QED) is 0.896. The summed E-state index contributed by atoms with van der Waals surface area (Å²) in [6.45, 7) is 9.15. The molecule has 1 saturated carbocycles. The molecule has 0 aromatic heterocycles. The van der Waals surface area contributed by atoms with Crippen LogP contribution in [0.1, 0.15) is 32.8 Å². The lowest BCUT2D eigenvalue weighted by Gasteiger charge is -2.55. The molecule has 20 heavy (non-hydrogen) atoms. The van der Waals surface area contributed by atoms with E-state index >= 15 is 0 Å². The van der Waals surface area contributed by atoms with Gasteiger partial charge in [-0.25, -0.2) is 0 Å². The van der Waals surface area contributed by atoms with E-state index in [1.54, 1.807) is 0 Å². The van der Waals surface area contributed by atoms with Crippen LogP contribution in [-0.2, 0) is 11.3 Å². The number of rotatable bonds is 5. The molecular formula is C17H25NO2. The van der Waals surface area contributed by atoms with Gasteiger partial charge in [0.05, 0.1) is 12.7 Å². The molecule has 1 saturated heterocycles. The Morgan fingerprint density at radius 1 is 1.35 bits per heavy atom. The molecule has 0 radical (unpaired) electrons. The molecule has 3 atom stereocenters. The fourth-order valence-corrected chi connectivity index (χ4v) is 3.90. The summed E-state index contributed by atoms with van der Waals surface area (Å²) < 4.78 is 11.5. The Bertz CT molecular complexity index is 472. The van der Waals surface area contributed by atoms with Crippen LogP contribution in [-0.4, -0.2) is 25.4 Å². The monoisotopic (exact) mass is 275 g/mol. The molecule has 1 aromatic rings. The van der Waals surface area contributed by atoms with Gasteiger partial charge in [0.15, 0.2) is 0 Å². The molecule has 2 fully saturated rings. The number of benzene rings is 1. The molecule has 1 N–H and O–H groups in total. The summed E-state index contributed by atoms with van der Waals surface area (Å²) in [6.07, 6.45) is 1.64. The van der Waals surface area contributed by atoms with Crippen molar-refractivity contribution in [2.75, 3.05) is 13.2 Å². The predicted octanol–water partition coefficient (Wildman–Crippen LogP) is 2.99. The Hall–Kier alpha value is -1.06. The van der Waals surface area contributed by atoms with Crippen molar-refractivity contribution in [3.63, 3.8) is 0 Å². The van der Waals surface area contributed by atoms with Gasteiger partial charge in [-0.2, -0.15) is 0 Å². The summed E-state index contributed by atoms with van der Waals surface area (Å²) in [5.41, 5.74) is 1.48. The van der Waals surface area contributed by atoms with Gasteiger partial charge in [-0.3, -0.25) is 0 Å². The number of ether oxygens (including phenoxy) is 2. The lowest BCUT2D eigenvalue weighted by molar-refractivity contribution is -0.113. The second-order valence-corrected chi connectivity index (χ2v) is 6.46. The summed E-state index contributed by atoms with van der Waals surface area (Å²) in [7, 11) is 0. The van der Waals surface area contributed by atoms with E-state index in [1.165, 1.54) is 12.0 Å². The molecule has 2 aliphatic rings. The lowest BCUT2D eigenvalue weighted by atomic mass is 9.57. The highest BCUT2D eigenvalue weighted by Crippen LogP contribution is 2.52. The fourth-order valence-electron chi connectivity index (χ4n) is 3.90. The standard InChI is InChI=1S/C17H25NO2/c1-4-19-14-8-6-5-7-12(14)11-18-15-13-9-10-20-16(13)17(15,2)3/h5-8,13,15-16,18H,4,9-11H2,1-3H3/t13-,15-,16-/m1/s1. The van der Waals surface area contributed by atoms with E-state index in [4.69, 9.17) is 9.47 Å². The van der Waals surface area contributed by atoms with E-state index in [2.05, 4.69) is 31.3 Å². The van der Waals surface area contributed by atoms with Gasteiger partial charge in [-0.1, -0.05) is 32.0 Å². The van der Waals surface area contributed by atoms with Crippen molar-refractivity contribution in [3.05, 3.63) is 29.8 Å². The molecule has 0 amide bonds. The van der Waals surface area contributed by atoms with E-state index in [1.807, 2.05) is 19.1 Å². The third-order valence-electron chi connectivity index (χ3n) is 4.89. The molecule has 1 aliphatic heterocycles. The summed E-state index contributed by atoms with van der Waals surface area (Å²) in [5, 5.41) is 3.74. The van der Waals surface area contributed by atoms with Crippen LogP contribution >= 0.6 is 0 Å². The van der Waals surface area contributed by atoms with Gasteiger partial charge >= 0.3 is 0 Å². The maximum Gasteiger partial charge on any atom is 0.123 e. The second kappa shape index (κ2) is 5.38. The van der Waals surface area contributed by atoms with Crippen molar-refractivity contribution in [3.8, 4) is 5.75 Å². The van der Waals surface area contributed by atoms with Gasteiger partial charge in [0.1, 0.15) is 5.75 Å². The van der Waals surface area contributed by atoms with Crippen LogP contribution in [0.3, 0.4) is 0 Å². The molecule has 1 heterocycles. The first-order valence-electron chi connectivity index (χ1n) is 7.70. The Morgan fingerprint density at radius 3 is 2.95 bits per heavy atom. The Kier molecular flexibility index (Phi) is 3.74. The normalized spacial score (nSPS) is 30.6. The maximum absolute atomic E-state index is 5.85. The van der Waals surface area contributed by atoms with Gasteiger partial charge in [-0.05, 0) is 19.4 Å². The summed E-state index contributed by atoms with van der Waals surface area (Å²) in [5.74, 6) is 1.68. The Morgan fingerprint density at radius 2 is 2.15 bits per heavy atom. The number of nitrogens with one attached hydrogen (secondary N) is 1. The van der Waals surface area contributed by atoms with Gasteiger partial charge < -0.3 is 14.8 Å². The first-order valence-corrected chi connectivity index (χ1v) is 7.70. The van der Waals surface area contributed by atoms with Crippen LogP contribution in [0.5, 0.6) is 5.75 Å². The molecule has 110 valence electrons. The highest BCUT2D eigenvalue weighted by atomic mass is 16.5. The zero-order chi connectivity index (χ0) is 14.2. The Labute approximate surface area is 121 Å². The molecule has 0 spiro atoms. The fraction of sp³-hybridized carbons (Fsp3) is 0.647. The SMILES string of the molecule is CCOc1ccccc1CN[C@@H]1[C@H]2CCO[C@H]2C1(C)C. The van der Waals surface area contributed by atoms with Crippen molar-refractivity contribution >= 4 is 0 Å². The van der Waals surface area contributed by atoms with E-state index in [0.717, 1.165) is 18.9 Å². The lowest BCUT2D eigenvalue weighted by Crippen LogP contribution is -2.65. The van der Waals surface area contributed by atoms with Crippen molar-refractivity contribution < 1.29 is 9.47 Å². The number of fused-ring (bicyclic) bond motifs is 1. The first-order chi connectivity index (χ1) is 9.64. The van der Waals surface area contributed by atoms with Crippen molar-refractivity contribution in [2.45, 2.75) is 45.9 Å². The zero-order valence-electron chi connectivity index (χ0n) is 12.7. The van der Waals surface area contributed by atoms with Crippen LogP contribution in [0.15, 0.2) is 24.3 Å². The minimum Gasteiger partial charge on any atom is -0.494 e. The Balaban J connectivity index is 1.65. The molecule has 0 bridgehead atoms. The van der Waals surface area contributed by atoms with Crippen LogP contribution in [0.2, 0.25) is 0 Å². The third-order valence-corrected chi connectivity index (χ3v) is 4.89. The summed E-state index contributed by atoms with van der Waals surface area (Å²) in [6, 6.07) is 8.85. The van der Waals surface area contributed by atoms with Crippen LogP contribution in [0.25, 0.3) is 0 Å². The highest BCUT2D eigenvalue weighted by Gasteiger charge is 2.58. The molecule has 3 nitrogen and oxygen atoms in total. The topological polar surface area (TPSA) is 30.5 Å². The van der Waals surface area contributed by atoms with E-state index < -0.39 is 0 Å². The molecule has 3 heteroatoms. The number of hydrogen-bond acceptors (Lipinski definition) is 3. The highest BCUT2D eigenvalue weighted by molar-refractivity contribution is 5.33. The maximum atomic E-state index is 5.85. The van der Waals surface area contributed by atoms with Crippen molar-refractivity contribution in [2.24, 2.45) is 11.3 Å². The third kappa shape index (κ3) is 2.23. The van der Waals surface area contributed by atoms with Gasteiger partial charge in [0.2, 0.25) is 0 Å². The summed E-state index contributed by atoms with van der Waals surface area (Å²) in [4.78, 5) is 0. The zero-order valence-corrected chi connectivity index (χ0v) is 12.7. The smallest absolute Gasteiger partial charge is 0.123 e. The van der Waals surface area contributed by atoms with Gasteiger partial charge in [-0.15, -0.1) is 0 Å². The molecular weight excluding hydrogens is 250 g/mol. The average molecular weight is 275 g/mol. The van der Waals surface area contributed by atoms with Crippen LogP contribution < -0.4 is 10.1 Å². The van der Waals surface area contributed by atoms with Crippen LogP contribution in [0.4, 0.5) is 0 Å². The number of para-hydroxylation sites is 1. The second-order valence-electron chi connectivity index (χ2n) is 6.46. The van der Waals surface area contributed by atoms with E-state index in [-0.39, 0.29) is 5.41 Å². The van der Waals surface area contributed by atoms with E-state index in [9.17, 15) is 0 Å². The van der Waals surface area contributed by atoms with Crippen LogP contribution in [0, 0.1) is 11.3 Å². The predicted molar refractivity (Wildman–Crippen MR) is 79.9 cm³/mol. The molecule has 1 aliphatic carbocycles. The van der Waals surface area contributed by atoms with Crippen molar-refractivity contribution in [1.29, 1.82) is 0 Å². The summed E-state index contributed by atoms with van der Waals surface area (Å²) >= 11 is 0. The van der Waals surface area contributed by atoms with Gasteiger partial charge in [0.25, 0.3) is 0 Å². The number of hydrogen-bond donors (Lipinski definition) is 1. The first kappa shape index (κ1) is 13.9. The van der Waals surface area contributed by atoms with E-state index in [0.29, 0.717) is 24.7 Å². The minimum atomic E-state index is 0.238. The van der Waals surface area contributed by atoms with Crippen molar-refractivity contribution in [1.82, 2.24) is 5.32 Å². The molecule has 1 aromatic carbocycles. The average Bonchev–Trinajstić information content (AvgIpc) is 2.88. The molecule has 3 rings (SSSR count).